The van der Waals surface area contributed by atoms with Gasteiger partial charge in [0, 0.05) is 37.3 Å². The van der Waals surface area contributed by atoms with Gasteiger partial charge in [0.05, 0.1) is 6.10 Å². The van der Waals surface area contributed by atoms with E-state index in [0.29, 0.717) is 0 Å². The molecule has 0 aromatic carbocycles. The number of aliphatic hydroxyl groups is 1. The number of nitrogens with zero attached hydrogens (tertiary/aromatic N) is 3. The van der Waals surface area contributed by atoms with Crippen molar-refractivity contribution >= 4 is 16.5 Å². The summed E-state index contributed by atoms with van der Waals surface area (Å²) in [5.74, 6) is 0. The van der Waals surface area contributed by atoms with Crippen molar-refractivity contribution in [3.63, 3.8) is 0 Å². The summed E-state index contributed by atoms with van der Waals surface area (Å²) in [6.07, 6.45) is 2.57. The quantitative estimate of drug-likeness (QED) is 0.787. The molecule has 18 heavy (non-hydrogen) atoms. The average Bonchev–Trinajstić information content (AvgIpc) is 2.76. The second-order valence-corrected chi connectivity index (χ2v) is 5.75. The van der Waals surface area contributed by atoms with Gasteiger partial charge in [-0.05, 0) is 34.2 Å². The zero-order valence-electron chi connectivity index (χ0n) is 11.9. The van der Waals surface area contributed by atoms with Gasteiger partial charge in [-0.3, -0.25) is 0 Å². The molecule has 0 saturated heterocycles. The summed E-state index contributed by atoms with van der Waals surface area (Å²) in [5.41, 5.74) is 0. The van der Waals surface area contributed by atoms with Crippen LogP contribution in [0.2, 0.25) is 0 Å². The highest BCUT2D eigenvalue weighted by Crippen LogP contribution is 2.23. The van der Waals surface area contributed by atoms with Crippen LogP contribution in [0.3, 0.4) is 0 Å². The number of thiazole rings is 1. The monoisotopic (exact) mass is 271 g/mol. The fraction of sp³-hybridized carbons (Fsp3) is 0.769. The van der Waals surface area contributed by atoms with E-state index < -0.39 is 0 Å². The average molecular weight is 271 g/mol. The lowest BCUT2D eigenvalue weighted by molar-refractivity contribution is 0.163. The van der Waals surface area contributed by atoms with Crippen molar-refractivity contribution in [2.75, 3.05) is 31.6 Å². The molecular formula is C13H25N3OS. The predicted molar refractivity (Wildman–Crippen MR) is 78.3 cm³/mol. The molecule has 1 N–H and O–H groups in total. The van der Waals surface area contributed by atoms with Crippen LogP contribution < -0.4 is 4.90 Å². The summed E-state index contributed by atoms with van der Waals surface area (Å²) >= 11 is 1.76. The minimum Gasteiger partial charge on any atom is -0.393 e. The SMILES string of the molecule is CCN(CC)c1ncc(CN(C)CCC(C)O)s1. The Bertz CT molecular complexity index is 337. The molecule has 1 unspecified atom stereocenters. The van der Waals surface area contributed by atoms with Crippen molar-refractivity contribution in [1.82, 2.24) is 9.88 Å². The van der Waals surface area contributed by atoms with Gasteiger partial charge in [0.25, 0.3) is 0 Å². The molecule has 1 heterocycles. The van der Waals surface area contributed by atoms with Crippen LogP contribution in [-0.2, 0) is 6.54 Å². The number of hydrogen-bond donors (Lipinski definition) is 1. The van der Waals surface area contributed by atoms with Gasteiger partial charge in [-0.15, -0.1) is 11.3 Å². The molecule has 0 aliphatic heterocycles. The Labute approximate surface area is 114 Å². The minimum absolute atomic E-state index is 0.222. The second kappa shape index (κ2) is 7.71. The van der Waals surface area contributed by atoms with E-state index in [1.54, 1.807) is 11.3 Å². The highest BCUT2D eigenvalue weighted by atomic mass is 32.1. The van der Waals surface area contributed by atoms with E-state index in [4.69, 9.17) is 0 Å². The summed E-state index contributed by atoms with van der Waals surface area (Å²) < 4.78 is 0. The lowest BCUT2D eigenvalue weighted by Crippen LogP contribution is -2.22. The minimum atomic E-state index is -0.222. The largest absolute Gasteiger partial charge is 0.393 e. The van der Waals surface area contributed by atoms with Crippen LogP contribution in [0.5, 0.6) is 0 Å². The molecular weight excluding hydrogens is 246 g/mol. The highest BCUT2D eigenvalue weighted by molar-refractivity contribution is 7.15. The molecule has 0 aliphatic carbocycles. The number of aromatic nitrogens is 1. The summed E-state index contributed by atoms with van der Waals surface area (Å²) in [6.45, 7) is 9.96. The molecule has 1 atom stereocenters. The lowest BCUT2D eigenvalue weighted by atomic mass is 10.3. The van der Waals surface area contributed by atoms with Crippen molar-refractivity contribution in [3.8, 4) is 0 Å². The third-order valence-corrected chi connectivity index (χ3v) is 3.97. The molecule has 104 valence electrons. The molecule has 0 amide bonds. The lowest BCUT2D eigenvalue weighted by Gasteiger charge is -2.17. The molecule has 5 heteroatoms. The fourth-order valence-electron chi connectivity index (χ4n) is 1.76. The van der Waals surface area contributed by atoms with Crippen molar-refractivity contribution in [1.29, 1.82) is 0 Å². The maximum absolute atomic E-state index is 9.26. The van der Waals surface area contributed by atoms with Gasteiger partial charge in [0.2, 0.25) is 0 Å². The molecule has 0 bridgehead atoms. The van der Waals surface area contributed by atoms with Crippen molar-refractivity contribution in [2.45, 2.75) is 39.8 Å². The van der Waals surface area contributed by atoms with E-state index >= 15 is 0 Å². The standard InChI is InChI=1S/C13H25N3OS/c1-5-16(6-2)13-14-9-12(18-13)10-15(4)8-7-11(3)17/h9,11,17H,5-8,10H2,1-4H3. The number of aliphatic hydroxyl groups excluding tert-OH is 1. The predicted octanol–water partition coefficient (Wildman–Crippen LogP) is 2.19. The molecule has 1 aromatic rings. The van der Waals surface area contributed by atoms with Gasteiger partial charge in [-0.2, -0.15) is 0 Å². The second-order valence-electron chi connectivity index (χ2n) is 4.66. The van der Waals surface area contributed by atoms with Crippen LogP contribution in [-0.4, -0.2) is 47.8 Å². The fourth-order valence-corrected chi connectivity index (χ4v) is 2.88. The van der Waals surface area contributed by atoms with Crippen LogP contribution >= 0.6 is 11.3 Å². The molecule has 0 fully saturated rings. The summed E-state index contributed by atoms with van der Waals surface area (Å²) in [7, 11) is 2.08. The Morgan fingerprint density at radius 2 is 2.06 bits per heavy atom. The first kappa shape index (κ1) is 15.4. The van der Waals surface area contributed by atoms with Crippen LogP contribution in [0.25, 0.3) is 0 Å². The van der Waals surface area contributed by atoms with Crippen LogP contribution in [0.4, 0.5) is 5.13 Å². The zero-order valence-corrected chi connectivity index (χ0v) is 12.7. The smallest absolute Gasteiger partial charge is 0.185 e. The zero-order chi connectivity index (χ0) is 13.5. The topological polar surface area (TPSA) is 39.6 Å². The number of anilines is 1. The Morgan fingerprint density at radius 1 is 1.39 bits per heavy atom. The Morgan fingerprint density at radius 3 is 2.61 bits per heavy atom. The normalized spacial score (nSPS) is 13.0. The maximum atomic E-state index is 9.26. The molecule has 0 aliphatic rings. The Hall–Kier alpha value is -0.650. The highest BCUT2D eigenvalue weighted by Gasteiger charge is 2.09. The Balaban J connectivity index is 2.48. The van der Waals surface area contributed by atoms with Crippen LogP contribution in [0, 0.1) is 0 Å². The van der Waals surface area contributed by atoms with Crippen molar-refractivity contribution in [3.05, 3.63) is 11.1 Å². The van der Waals surface area contributed by atoms with E-state index in [9.17, 15) is 5.11 Å². The first-order valence-electron chi connectivity index (χ1n) is 6.63. The third kappa shape index (κ3) is 4.92. The number of hydrogen-bond acceptors (Lipinski definition) is 5. The van der Waals surface area contributed by atoms with Crippen molar-refractivity contribution in [2.24, 2.45) is 0 Å². The van der Waals surface area contributed by atoms with E-state index in [-0.39, 0.29) is 6.10 Å². The molecule has 4 nitrogen and oxygen atoms in total. The van der Waals surface area contributed by atoms with Gasteiger partial charge in [0.15, 0.2) is 5.13 Å². The summed E-state index contributed by atoms with van der Waals surface area (Å²) in [4.78, 5) is 10.3. The van der Waals surface area contributed by atoms with Gasteiger partial charge in [0.1, 0.15) is 0 Å². The molecule has 1 rings (SSSR count). The summed E-state index contributed by atoms with van der Waals surface area (Å²) in [5, 5.41) is 10.4. The van der Waals surface area contributed by atoms with Gasteiger partial charge < -0.3 is 14.9 Å². The van der Waals surface area contributed by atoms with Gasteiger partial charge in [-0.25, -0.2) is 4.98 Å². The van der Waals surface area contributed by atoms with E-state index in [0.717, 1.165) is 37.7 Å². The van der Waals surface area contributed by atoms with Crippen molar-refractivity contribution < 1.29 is 5.11 Å². The van der Waals surface area contributed by atoms with E-state index in [2.05, 4.69) is 35.7 Å². The molecule has 0 spiro atoms. The molecule has 1 aromatic heterocycles. The molecule has 0 radical (unpaired) electrons. The third-order valence-electron chi connectivity index (χ3n) is 2.93. The van der Waals surface area contributed by atoms with E-state index in [1.165, 1.54) is 4.88 Å². The Kier molecular flexibility index (Phi) is 6.60. The van der Waals surface area contributed by atoms with Gasteiger partial charge >= 0.3 is 0 Å². The van der Waals surface area contributed by atoms with Gasteiger partial charge in [-0.1, -0.05) is 0 Å². The first-order chi connectivity index (χ1) is 8.56. The van der Waals surface area contributed by atoms with Crippen LogP contribution in [0.1, 0.15) is 32.1 Å². The van der Waals surface area contributed by atoms with E-state index in [1.807, 2.05) is 13.1 Å². The molecule has 0 saturated carbocycles. The number of rotatable bonds is 8. The van der Waals surface area contributed by atoms with Crippen LogP contribution in [0.15, 0.2) is 6.20 Å². The maximum Gasteiger partial charge on any atom is 0.185 e. The first-order valence-corrected chi connectivity index (χ1v) is 7.44. The summed E-state index contributed by atoms with van der Waals surface area (Å²) in [6, 6.07) is 0.